The molecule has 0 spiro atoms. The summed E-state index contributed by atoms with van der Waals surface area (Å²) >= 11 is 0. The second-order valence-corrected chi connectivity index (χ2v) is 16.9. The first kappa shape index (κ1) is 41.1. The Kier molecular flexibility index (Phi) is 10.6. The molecule has 0 saturated heterocycles. The molecule has 0 unspecified atom stereocenters. The number of carboxylic acids is 1. The summed E-state index contributed by atoms with van der Waals surface area (Å²) in [5.74, 6) is -3.05. The second-order valence-electron chi connectivity index (χ2n) is 16.9. The molecule has 0 radical (unpaired) electrons. The highest BCUT2D eigenvalue weighted by atomic mass is 16.5. The molecule has 5 aromatic carbocycles. The standard InChI is InChI=1S/C51H48N2O8/c1-30(54)34-20-17-33(27-37(34)48(57)58)49(59)61-26-12-24-53-41-22-19-32-14-8-10-16-36(32)45(41)51(4,5)43(53)29-39-46(55)38(47(39)56)28-42-50(2,3)44-35-15-9-7-13-31(35)18-21-40(44)52(42)23-11-25-60-6/h7-10,13-22,27-29H,11-12,23-26H2,1-6H3,(H-,55,56,57,58). The van der Waals surface area contributed by atoms with E-state index in [1.54, 1.807) is 19.3 Å². The number of Topliss-reactive ketones (excluding diaryl/α,β-unsaturated/α-hetero) is 2. The Morgan fingerprint density at radius 1 is 0.803 bits per heavy atom. The Balaban J connectivity index is 1.13. The fourth-order valence-corrected chi connectivity index (χ4v) is 9.44. The van der Waals surface area contributed by atoms with Gasteiger partial charge in [-0.25, -0.2) is 9.59 Å². The van der Waals surface area contributed by atoms with Crippen molar-refractivity contribution in [3.63, 3.8) is 0 Å². The van der Waals surface area contributed by atoms with E-state index in [1.807, 2.05) is 24.3 Å². The van der Waals surface area contributed by atoms with E-state index in [9.17, 15) is 29.4 Å². The Morgan fingerprint density at radius 2 is 1.48 bits per heavy atom. The summed E-state index contributed by atoms with van der Waals surface area (Å²) in [4.78, 5) is 53.3. The summed E-state index contributed by atoms with van der Waals surface area (Å²) in [5.41, 5.74) is 4.83. The van der Waals surface area contributed by atoms with E-state index < -0.39 is 28.6 Å². The number of esters is 1. The molecule has 310 valence electrons. The Bertz CT molecular complexity index is 2840. The van der Waals surface area contributed by atoms with Crippen LogP contribution in [-0.4, -0.2) is 72.3 Å². The number of ketones is 2. The zero-order valence-corrected chi connectivity index (χ0v) is 35.3. The summed E-state index contributed by atoms with van der Waals surface area (Å²) < 4.78 is 13.1. The molecule has 0 bridgehead atoms. The highest BCUT2D eigenvalue weighted by Crippen LogP contribution is 2.52. The highest BCUT2D eigenvalue weighted by molar-refractivity contribution is 6.24. The number of anilines is 1. The summed E-state index contributed by atoms with van der Waals surface area (Å²) in [7, 11) is 1.68. The number of fused-ring (bicyclic) bond motifs is 6. The average Bonchev–Trinajstić information content (AvgIpc) is 3.60. The largest absolute Gasteiger partial charge is 0.871 e. The van der Waals surface area contributed by atoms with Crippen molar-refractivity contribution in [3.05, 3.63) is 154 Å². The number of hydrogen-bond donors (Lipinski definition) is 1. The number of ether oxygens (including phenoxy) is 2. The predicted octanol–water partition coefficient (Wildman–Crippen LogP) is 8.36. The summed E-state index contributed by atoms with van der Waals surface area (Å²) in [5, 5.41) is 28.3. The van der Waals surface area contributed by atoms with E-state index in [2.05, 4.69) is 85.7 Å². The molecule has 10 heteroatoms. The Labute approximate surface area is 354 Å². The topological polar surface area (TPSA) is 136 Å². The van der Waals surface area contributed by atoms with E-state index in [0.717, 1.165) is 67.9 Å². The van der Waals surface area contributed by atoms with Gasteiger partial charge in [0.05, 0.1) is 23.1 Å². The van der Waals surface area contributed by atoms with Crippen LogP contribution in [0.25, 0.3) is 21.5 Å². The van der Waals surface area contributed by atoms with Crippen molar-refractivity contribution in [3.8, 4) is 0 Å². The lowest BCUT2D eigenvalue weighted by molar-refractivity contribution is -0.438. The van der Waals surface area contributed by atoms with Crippen molar-refractivity contribution in [2.75, 3.05) is 38.3 Å². The molecule has 8 rings (SSSR count). The highest BCUT2D eigenvalue weighted by Gasteiger charge is 2.47. The fourth-order valence-electron chi connectivity index (χ4n) is 9.44. The first-order valence-corrected chi connectivity index (χ1v) is 20.6. The molecule has 0 saturated carbocycles. The van der Waals surface area contributed by atoms with Crippen LogP contribution in [0.1, 0.15) is 89.7 Å². The van der Waals surface area contributed by atoms with Gasteiger partial charge in [0.25, 0.3) is 0 Å². The Hall–Kier alpha value is -6.65. The van der Waals surface area contributed by atoms with Crippen molar-refractivity contribution in [2.24, 2.45) is 0 Å². The van der Waals surface area contributed by atoms with Gasteiger partial charge in [0, 0.05) is 77.9 Å². The van der Waals surface area contributed by atoms with E-state index in [4.69, 9.17) is 9.47 Å². The molecule has 0 fully saturated rings. The minimum Gasteiger partial charge on any atom is -0.871 e. The molecule has 1 aliphatic carbocycles. The van der Waals surface area contributed by atoms with Crippen molar-refractivity contribution in [2.45, 2.75) is 58.3 Å². The average molecular weight is 817 g/mol. The maximum atomic E-state index is 14.3. The minimum absolute atomic E-state index is 0.00969. The molecule has 10 nitrogen and oxygen atoms in total. The molecule has 2 heterocycles. The van der Waals surface area contributed by atoms with Crippen LogP contribution in [0.3, 0.4) is 0 Å². The van der Waals surface area contributed by atoms with E-state index in [-0.39, 0.29) is 46.0 Å². The molecule has 0 atom stereocenters. The lowest BCUT2D eigenvalue weighted by Crippen LogP contribution is -2.35. The number of carboxylic acid groups (broad SMARTS) is 1. The van der Waals surface area contributed by atoms with Gasteiger partial charge in [0.15, 0.2) is 23.8 Å². The molecule has 61 heavy (non-hydrogen) atoms. The van der Waals surface area contributed by atoms with Gasteiger partial charge in [-0.2, -0.15) is 4.58 Å². The van der Waals surface area contributed by atoms with E-state index in [1.165, 1.54) is 19.1 Å². The van der Waals surface area contributed by atoms with Gasteiger partial charge in [0.1, 0.15) is 0 Å². The van der Waals surface area contributed by atoms with E-state index >= 15 is 0 Å². The number of carbonyl (C=O) groups is 4. The molecule has 0 amide bonds. The third kappa shape index (κ3) is 6.94. The van der Waals surface area contributed by atoms with Gasteiger partial charge >= 0.3 is 11.9 Å². The van der Waals surface area contributed by atoms with Crippen molar-refractivity contribution < 1.29 is 43.4 Å². The quantitative estimate of drug-likeness (QED) is 0.0409. The zero-order valence-electron chi connectivity index (χ0n) is 35.3. The first-order chi connectivity index (χ1) is 29.2. The van der Waals surface area contributed by atoms with Crippen LogP contribution in [0.15, 0.2) is 126 Å². The van der Waals surface area contributed by atoms with Crippen LogP contribution in [0, 0.1) is 0 Å². The van der Waals surface area contributed by atoms with Gasteiger partial charge < -0.3 is 24.6 Å². The van der Waals surface area contributed by atoms with Crippen LogP contribution in [0.4, 0.5) is 11.4 Å². The molecule has 1 N–H and O–H groups in total. The minimum atomic E-state index is -1.31. The monoisotopic (exact) mass is 816 g/mol. The van der Waals surface area contributed by atoms with Gasteiger partial charge in [-0.05, 0) is 90.7 Å². The number of allylic oxidation sites excluding steroid dienone is 5. The summed E-state index contributed by atoms with van der Waals surface area (Å²) in [6.07, 6.45) is 4.69. The summed E-state index contributed by atoms with van der Waals surface area (Å²) in [6.45, 7) is 11.4. The smallest absolute Gasteiger partial charge is 0.338 e. The van der Waals surface area contributed by atoms with Crippen LogP contribution in [0.2, 0.25) is 0 Å². The SMILES string of the molecule is COCCCN1/C(=C/C2=C([O-])C(=C/C3=[N+](CCCOC(=O)c4ccc(C(C)=O)c(C(=O)O)c4)c4ccc5ccccc5c4C3(C)C)/C2=O)C(C)(C)c2c1ccc1ccccc21. The number of rotatable bonds is 13. The number of hydrogen-bond acceptors (Lipinski definition) is 8. The van der Waals surface area contributed by atoms with Crippen molar-refractivity contribution in [1.82, 2.24) is 0 Å². The Morgan fingerprint density at radius 3 is 2.13 bits per heavy atom. The third-order valence-electron chi connectivity index (χ3n) is 12.4. The molecular weight excluding hydrogens is 769 g/mol. The molecular formula is C51H48N2O8. The lowest BCUT2D eigenvalue weighted by atomic mass is 9.76. The van der Waals surface area contributed by atoms with Crippen molar-refractivity contribution in [1.29, 1.82) is 0 Å². The maximum Gasteiger partial charge on any atom is 0.338 e. The van der Waals surface area contributed by atoms with Gasteiger partial charge in [-0.15, -0.1) is 0 Å². The number of aromatic carboxylic acids is 1. The molecule has 3 aliphatic rings. The molecule has 5 aromatic rings. The second kappa shape index (κ2) is 15.7. The van der Waals surface area contributed by atoms with Gasteiger partial charge in [-0.1, -0.05) is 74.2 Å². The first-order valence-electron chi connectivity index (χ1n) is 20.6. The van der Waals surface area contributed by atoms with Crippen LogP contribution in [0.5, 0.6) is 0 Å². The zero-order chi connectivity index (χ0) is 43.4. The number of nitrogens with zero attached hydrogens (tertiary/aromatic N) is 2. The molecule has 0 aromatic heterocycles. The third-order valence-corrected chi connectivity index (χ3v) is 12.4. The van der Waals surface area contributed by atoms with Crippen LogP contribution in [-0.2, 0) is 25.1 Å². The normalized spacial score (nSPS) is 17.7. The lowest BCUT2D eigenvalue weighted by Gasteiger charge is -2.33. The van der Waals surface area contributed by atoms with Gasteiger partial charge in [-0.3, -0.25) is 9.59 Å². The van der Waals surface area contributed by atoms with Gasteiger partial charge in [0.2, 0.25) is 5.69 Å². The number of carbonyl (C=O) groups excluding carboxylic acids is 3. The summed E-state index contributed by atoms with van der Waals surface area (Å²) in [6, 6.07) is 28.6. The predicted molar refractivity (Wildman–Crippen MR) is 234 cm³/mol. The van der Waals surface area contributed by atoms with Crippen LogP contribution >= 0.6 is 0 Å². The molecule has 2 aliphatic heterocycles. The maximum absolute atomic E-state index is 14.3. The number of methoxy groups -OCH3 is 1. The van der Waals surface area contributed by atoms with Crippen LogP contribution < -0.4 is 10.0 Å². The van der Waals surface area contributed by atoms with Crippen molar-refractivity contribution >= 4 is 62.1 Å². The number of benzene rings is 5. The fraction of sp³-hybridized carbons (Fsp3) is 0.275. The van der Waals surface area contributed by atoms with E-state index in [0.29, 0.717) is 26.1 Å².